The zero-order valence-electron chi connectivity index (χ0n) is 15.0. The van der Waals surface area contributed by atoms with Crippen molar-refractivity contribution in [3.8, 4) is 5.75 Å². The number of nitrogens with zero attached hydrogens (tertiary/aromatic N) is 2. The van der Waals surface area contributed by atoms with E-state index in [2.05, 4.69) is 6.92 Å². The molecule has 0 aliphatic carbocycles. The topological polar surface area (TPSA) is 76.2 Å². The minimum atomic E-state index is -0.486. The monoisotopic (exact) mass is 360 g/mol. The molecule has 26 heavy (non-hydrogen) atoms. The molecule has 2 aliphatic heterocycles. The van der Waals surface area contributed by atoms with Gasteiger partial charge in [-0.05, 0) is 30.9 Å². The average molecular weight is 360 g/mol. The van der Waals surface area contributed by atoms with E-state index >= 15 is 0 Å². The lowest BCUT2D eigenvalue weighted by Crippen LogP contribution is -2.42. The number of amides is 2. The van der Waals surface area contributed by atoms with Gasteiger partial charge in [0.2, 0.25) is 0 Å². The molecule has 1 atom stereocenters. The van der Waals surface area contributed by atoms with Gasteiger partial charge in [-0.15, -0.1) is 0 Å². The Balaban J connectivity index is 1.47. The summed E-state index contributed by atoms with van der Waals surface area (Å²) in [6, 6.07) is 7.20. The van der Waals surface area contributed by atoms with Gasteiger partial charge in [-0.1, -0.05) is 19.1 Å². The lowest BCUT2D eigenvalue weighted by atomic mass is 10.0. The second-order valence-corrected chi connectivity index (χ2v) is 6.80. The van der Waals surface area contributed by atoms with Crippen LogP contribution in [0.5, 0.6) is 5.75 Å². The number of fused-ring (bicyclic) bond motifs is 1. The maximum atomic E-state index is 12.1. The number of rotatable bonds is 5. The lowest BCUT2D eigenvalue weighted by molar-refractivity contribution is -0.152. The Morgan fingerprint density at radius 3 is 2.92 bits per heavy atom. The molecular weight excluding hydrogens is 336 g/mol. The van der Waals surface area contributed by atoms with Gasteiger partial charge in [0.25, 0.3) is 11.8 Å². The number of ether oxygens (including phenoxy) is 2. The van der Waals surface area contributed by atoms with Crippen molar-refractivity contribution in [2.45, 2.75) is 26.2 Å². The molecule has 0 radical (unpaired) electrons. The molecule has 2 aliphatic rings. The van der Waals surface area contributed by atoms with Crippen LogP contribution in [-0.4, -0.2) is 55.5 Å². The fraction of sp³-hybridized carbons (Fsp3) is 0.526. The standard InChI is InChI=1S/C19H24N2O5/c1-14-5-4-9-20(11-14)17(22)12-26-19(24)8-10-21-15-6-2-3-7-16(15)25-13-18(21)23/h2-3,6-7,14H,4-5,8-13H2,1H3. The fourth-order valence-corrected chi connectivity index (χ4v) is 3.32. The first-order valence-corrected chi connectivity index (χ1v) is 9.00. The molecule has 0 aromatic heterocycles. The van der Waals surface area contributed by atoms with Crippen LogP contribution in [0, 0.1) is 5.92 Å². The Morgan fingerprint density at radius 2 is 2.12 bits per heavy atom. The molecule has 1 fully saturated rings. The summed E-state index contributed by atoms with van der Waals surface area (Å²) in [7, 11) is 0. The summed E-state index contributed by atoms with van der Waals surface area (Å²) in [6.45, 7) is 3.47. The third kappa shape index (κ3) is 4.33. The molecule has 2 amide bonds. The molecule has 1 aromatic carbocycles. The molecule has 0 bridgehead atoms. The quantitative estimate of drug-likeness (QED) is 0.746. The Bertz CT molecular complexity index is 690. The molecule has 7 nitrogen and oxygen atoms in total. The van der Waals surface area contributed by atoms with Crippen LogP contribution in [0.2, 0.25) is 0 Å². The molecule has 0 saturated carbocycles. The van der Waals surface area contributed by atoms with E-state index in [1.54, 1.807) is 17.0 Å². The number of likely N-dealkylation sites (tertiary alicyclic amines) is 1. The maximum absolute atomic E-state index is 12.1. The van der Waals surface area contributed by atoms with Crippen molar-refractivity contribution in [3.63, 3.8) is 0 Å². The van der Waals surface area contributed by atoms with Crippen molar-refractivity contribution in [2.75, 3.05) is 37.7 Å². The minimum Gasteiger partial charge on any atom is -0.482 e. The van der Waals surface area contributed by atoms with E-state index in [1.807, 2.05) is 12.1 Å². The summed E-state index contributed by atoms with van der Waals surface area (Å²) in [4.78, 5) is 39.5. The maximum Gasteiger partial charge on any atom is 0.308 e. The van der Waals surface area contributed by atoms with Gasteiger partial charge >= 0.3 is 5.97 Å². The van der Waals surface area contributed by atoms with Gasteiger partial charge in [0.05, 0.1) is 12.1 Å². The number of carbonyl (C=O) groups is 3. The van der Waals surface area contributed by atoms with Crippen LogP contribution >= 0.6 is 0 Å². The Kier molecular flexibility index (Phi) is 5.75. The van der Waals surface area contributed by atoms with Crippen LogP contribution < -0.4 is 9.64 Å². The van der Waals surface area contributed by atoms with Gasteiger partial charge in [-0.3, -0.25) is 14.4 Å². The summed E-state index contributed by atoms with van der Waals surface area (Å²) in [6.07, 6.45) is 2.14. The average Bonchev–Trinajstić information content (AvgIpc) is 2.65. The molecule has 7 heteroatoms. The number of carbonyl (C=O) groups excluding carboxylic acids is 3. The molecule has 3 rings (SSSR count). The minimum absolute atomic E-state index is 0.0315. The molecule has 0 N–H and O–H groups in total. The highest BCUT2D eigenvalue weighted by atomic mass is 16.5. The van der Waals surface area contributed by atoms with Crippen LogP contribution in [0.1, 0.15) is 26.2 Å². The summed E-state index contributed by atoms with van der Waals surface area (Å²) in [5, 5.41) is 0. The van der Waals surface area contributed by atoms with Crippen LogP contribution in [-0.2, 0) is 19.1 Å². The third-order valence-corrected chi connectivity index (χ3v) is 4.71. The van der Waals surface area contributed by atoms with Gasteiger partial charge < -0.3 is 19.3 Å². The van der Waals surface area contributed by atoms with E-state index in [9.17, 15) is 14.4 Å². The smallest absolute Gasteiger partial charge is 0.308 e. The number of para-hydroxylation sites is 2. The van der Waals surface area contributed by atoms with Crippen molar-refractivity contribution < 1.29 is 23.9 Å². The second kappa shape index (κ2) is 8.21. The highest BCUT2D eigenvalue weighted by Gasteiger charge is 2.26. The Morgan fingerprint density at radius 1 is 1.31 bits per heavy atom. The second-order valence-electron chi connectivity index (χ2n) is 6.80. The summed E-state index contributed by atoms with van der Waals surface area (Å²) < 4.78 is 10.5. The van der Waals surface area contributed by atoms with Gasteiger partial charge in [0, 0.05) is 19.6 Å². The van der Waals surface area contributed by atoms with Gasteiger partial charge in [-0.25, -0.2) is 0 Å². The molecule has 1 saturated heterocycles. The van der Waals surface area contributed by atoms with Gasteiger partial charge in [0.1, 0.15) is 5.75 Å². The van der Waals surface area contributed by atoms with Gasteiger partial charge in [0.15, 0.2) is 13.2 Å². The van der Waals surface area contributed by atoms with Crippen molar-refractivity contribution >= 4 is 23.5 Å². The Labute approximate surface area is 152 Å². The van der Waals surface area contributed by atoms with Crippen LogP contribution in [0.15, 0.2) is 24.3 Å². The summed E-state index contributed by atoms with van der Waals surface area (Å²) in [5.74, 6) is 0.262. The first kappa shape index (κ1) is 18.2. The van der Waals surface area contributed by atoms with Crippen molar-refractivity contribution in [1.29, 1.82) is 0 Å². The SMILES string of the molecule is CC1CCCN(C(=O)COC(=O)CCN2C(=O)COc3ccccc32)C1. The van der Waals surface area contributed by atoms with Crippen molar-refractivity contribution in [1.82, 2.24) is 4.90 Å². The van der Waals surface area contributed by atoms with Gasteiger partial charge in [-0.2, -0.15) is 0 Å². The molecule has 1 unspecified atom stereocenters. The predicted molar refractivity (Wildman–Crippen MR) is 94.8 cm³/mol. The number of piperidine rings is 1. The van der Waals surface area contributed by atoms with Crippen LogP contribution in [0.4, 0.5) is 5.69 Å². The fourth-order valence-electron chi connectivity index (χ4n) is 3.32. The highest BCUT2D eigenvalue weighted by Crippen LogP contribution is 2.31. The zero-order valence-corrected chi connectivity index (χ0v) is 15.0. The number of esters is 1. The number of hydrogen-bond acceptors (Lipinski definition) is 5. The number of benzene rings is 1. The van der Waals surface area contributed by atoms with Crippen molar-refractivity contribution in [3.05, 3.63) is 24.3 Å². The molecule has 2 heterocycles. The number of hydrogen-bond donors (Lipinski definition) is 0. The van der Waals surface area contributed by atoms with Crippen LogP contribution in [0.3, 0.4) is 0 Å². The van der Waals surface area contributed by atoms with E-state index in [0.29, 0.717) is 17.4 Å². The molecule has 0 spiro atoms. The van der Waals surface area contributed by atoms with E-state index < -0.39 is 5.97 Å². The molecular formula is C19H24N2O5. The van der Waals surface area contributed by atoms with E-state index in [0.717, 1.165) is 25.9 Å². The summed E-state index contributed by atoms with van der Waals surface area (Å²) in [5.41, 5.74) is 0.648. The lowest BCUT2D eigenvalue weighted by Gasteiger charge is -2.31. The molecule has 1 aromatic rings. The number of anilines is 1. The third-order valence-electron chi connectivity index (χ3n) is 4.71. The van der Waals surface area contributed by atoms with E-state index in [-0.39, 0.29) is 38.0 Å². The first-order valence-electron chi connectivity index (χ1n) is 9.00. The van der Waals surface area contributed by atoms with E-state index in [4.69, 9.17) is 9.47 Å². The normalized spacial score (nSPS) is 19.6. The first-order chi connectivity index (χ1) is 12.5. The highest BCUT2D eigenvalue weighted by molar-refractivity contribution is 5.98. The predicted octanol–water partition coefficient (Wildman–Crippen LogP) is 1.60. The molecule has 140 valence electrons. The summed E-state index contributed by atoms with van der Waals surface area (Å²) >= 11 is 0. The largest absolute Gasteiger partial charge is 0.482 e. The Hall–Kier alpha value is -2.57. The van der Waals surface area contributed by atoms with Crippen molar-refractivity contribution in [2.24, 2.45) is 5.92 Å². The zero-order chi connectivity index (χ0) is 18.5. The van der Waals surface area contributed by atoms with Crippen LogP contribution in [0.25, 0.3) is 0 Å². The van der Waals surface area contributed by atoms with E-state index in [1.165, 1.54) is 4.90 Å².